The lowest BCUT2D eigenvalue weighted by Crippen LogP contribution is -2.17. The van der Waals surface area contributed by atoms with Crippen LogP contribution in [0.25, 0.3) is 0 Å². The Hall–Kier alpha value is -3.92. The lowest BCUT2D eigenvalue weighted by molar-refractivity contribution is -0.384. The van der Waals surface area contributed by atoms with Crippen LogP contribution in [0, 0.1) is 10.1 Å². The van der Waals surface area contributed by atoms with E-state index in [0.717, 1.165) is 5.56 Å². The summed E-state index contributed by atoms with van der Waals surface area (Å²) in [6, 6.07) is 16.3. The molecule has 3 aromatic rings. The minimum Gasteiger partial charge on any atom is -0.494 e. The Morgan fingerprint density at radius 2 is 1.82 bits per heavy atom. The SMILES string of the molecule is CCOc1ccc(C(=O)N/N=C\c2cc(Br)c(OCc3ccc([N+](=O)[O-])cc3)c(OC)c2)cc1. The fourth-order valence-corrected chi connectivity index (χ4v) is 3.50. The minimum atomic E-state index is -0.453. The van der Waals surface area contributed by atoms with Gasteiger partial charge in [0.05, 0.1) is 29.3 Å². The molecule has 0 bridgehead atoms. The molecule has 0 aliphatic carbocycles. The molecule has 0 aliphatic heterocycles. The molecule has 10 heteroatoms. The van der Waals surface area contributed by atoms with E-state index in [1.807, 2.05) is 6.92 Å². The molecule has 0 saturated carbocycles. The van der Waals surface area contributed by atoms with Crippen LogP contribution >= 0.6 is 15.9 Å². The van der Waals surface area contributed by atoms with Gasteiger partial charge in [0, 0.05) is 17.7 Å². The number of rotatable bonds is 10. The van der Waals surface area contributed by atoms with Gasteiger partial charge in [-0.05, 0) is 82.5 Å². The number of ether oxygens (including phenoxy) is 3. The van der Waals surface area contributed by atoms with E-state index in [4.69, 9.17) is 14.2 Å². The smallest absolute Gasteiger partial charge is 0.271 e. The van der Waals surface area contributed by atoms with Gasteiger partial charge in [0.25, 0.3) is 11.6 Å². The highest BCUT2D eigenvalue weighted by Crippen LogP contribution is 2.37. The molecule has 0 radical (unpaired) electrons. The number of amides is 1. The predicted octanol–water partition coefficient (Wildman–Crippen LogP) is 5.11. The Kier molecular flexibility index (Phi) is 8.58. The molecule has 3 rings (SSSR count). The van der Waals surface area contributed by atoms with Crippen molar-refractivity contribution < 1.29 is 23.9 Å². The molecule has 0 aromatic heterocycles. The number of nitro benzene ring substituents is 1. The number of nitro groups is 1. The molecule has 9 nitrogen and oxygen atoms in total. The minimum absolute atomic E-state index is 0.0146. The summed E-state index contributed by atoms with van der Waals surface area (Å²) in [5.41, 5.74) is 4.38. The average Bonchev–Trinajstić information content (AvgIpc) is 2.84. The van der Waals surface area contributed by atoms with Crippen molar-refractivity contribution >= 4 is 33.7 Å². The lowest BCUT2D eigenvalue weighted by Gasteiger charge is -2.13. The summed E-state index contributed by atoms with van der Waals surface area (Å²) in [4.78, 5) is 22.6. The number of nitrogens with one attached hydrogen (secondary N) is 1. The molecular formula is C24H22BrN3O6. The first-order chi connectivity index (χ1) is 16.4. The van der Waals surface area contributed by atoms with E-state index in [0.29, 0.717) is 39.5 Å². The Bertz CT molecular complexity index is 1180. The van der Waals surface area contributed by atoms with Crippen molar-refractivity contribution in [2.75, 3.05) is 13.7 Å². The first kappa shape index (κ1) is 24.7. The maximum Gasteiger partial charge on any atom is 0.271 e. The Morgan fingerprint density at radius 1 is 1.12 bits per heavy atom. The second kappa shape index (κ2) is 11.8. The van der Waals surface area contributed by atoms with Crippen LogP contribution in [-0.4, -0.2) is 30.8 Å². The van der Waals surface area contributed by atoms with E-state index in [9.17, 15) is 14.9 Å². The van der Waals surface area contributed by atoms with Crippen molar-refractivity contribution in [2.45, 2.75) is 13.5 Å². The zero-order valence-corrected chi connectivity index (χ0v) is 20.1. The number of benzene rings is 3. The van der Waals surface area contributed by atoms with Crippen molar-refractivity contribution in [1.82, 2.24) is 5.43 Å². The molecular weight excluding hydrogens is 506 g/mol. The van der Waals surface area contributed by atoms with Crippen LogP contribution in [-0.2, 0) is 6.61 Å². The molecule has 3 aromatic carbocycles. The number of methoxy groups -OCH3 is 1. The molecule has 0 fully saturated rings. The van der Waals surface area contributed by atoms with E-state index < -0.39 is 4.92 Å². The molecule has 0 saturated heterocycles. The van der Waals surface area contributed by atoms with Crippen LogP contribution in [0.5, 0.6) is 17.2 Å². The van der Waals surface area contributed by atoms with E-state index in [1.54, 1.807) is 48.5 Å². The zero-order valence-electron chi connectivity index (χ0n) is 18.5. The first-order valence-corrected chi connectivity index (χ1v) is 11.0. The molecule has 1 amide bonds. The first-order valence-electron chi connectivity index (χ1n) is 10.2. The van der Waals surface area contributed by atoms with E-state index in [2.05, 4.69) is 26.5 Å². The molecule has 0 unspecified atom stereocenters. The maximum absolute atomic E-state index is 12.3. The van der Waals surface area contributed by atoms with Crippen molar-refractivity contribution in [3.63, 3.8) is 0 Å². The van der Waals surface area contributed by atoms with Gasteiger partial charge in [-0.2, -0.15) is 5.10 Å². The quantitative estimate of drug-likeness (QED) is 0.223. The molecule has 0 heterocycles. The Balaban J connectivity index is 1.64. The molecule has 0 spiro atoms. The van der Waals surface area contributed by atoms with E-state index in [-0.39, 0.29) is 18.2 Å². The van der Waals surface area contributed by atoms with E-state index >= 15 is 0 Å². The van der Waals surface area contributed by atoms with Crippen LogP contribution in [0.15, 0.2) is 70.2 Å². The van der Waals surface area contributed by atoms with Crippen LogP contribution in [0.3, 0.4) is 0 Å². The van der Waals surface area contributed by atoms with Crippen LogP contribution in [0.1, 0.15) is 28.4 Å². The van der Waals surface area contributed by atoms with Crippen LogP contribution < -0.4 is 19.6 Å². The standard InChI is InChI=1S/C24H22BrN3O6/c1-3-33-20-10-6-18(7-11-20)24(29)27-26-14-17-12-21(25)23(22(13-17)32-2)34-15-16-4-8-19(9-5-16)28(30)31/h4-14H,3,15H2,1-2H3,(H,27,29)/b26-14-. The van der Waals surface area contributed by atoms with Gasteiger partial charge in [0.15, 0.2) is 11.5 Å². The summed E-state index contributed by atoms with van der Waals surface area (Å²) in [5, 5.41) is 14.8. The number of carbonyl (C=O) groups excluding carboxylic acids is 1. The fourth-order valence-electron chi connectivity index (χ4n) is 2.92. The molecule has 0 atom stereocenters. The Labute approximate surface area is 204 Å². The number of hydrogen-bond donors (Lipinski definition) is 1. The number of carbonyl (C=O) groups is 1. The number of nitrogens with zero attached hydrogens (tertiary/aromatic N) is 2. The third-order valence-electron chi connectivity index (χ3n) is 4.59. The van der Waals surface area contributed by atoms with Gasteiger partial charge in [-0.3, -0.25) is 14.9 Å². The molecule has 1 N–H and O–H groups in total. The molecule has 176 valence electrons. The zero-order chi connectivity index (χ0) is 24.5. The summed E-state index contributed by atoms with van der Waals surface area (Å²) in [6.07, 6.45) is 1.49. The lowest BCUT2D eigenvalue weighted by atomic mass is 10.2. The van der Waals surface area contributed by atoms with Gasteiger partial charge in [0.1, 0.15) is 12.4 Å². The molecule has 0 aliphatic rings. The number of hydrogen-bond acceptors (Lipinski definition) is 7. The van der Waals surface area contributed by atoms with Gasteiger partial charge < -0.3 is 14.2 Å². The van der Waals surface area contributed by atoms with E-state index in [1.165, 1.54) is 25.5 Å². The highest BCUT2D eigenvalue weighted by Gasteiger charge is 2.12. The second-order valence-corrected chi connectivity index (χ2v) is 7.76. The Morgan fingerprint density at radius 3 is 2.44 bits per heavy atom. The summed E-state index contributed by atoms with van der Waals surface area (Å²) >= 11 is 3.46. The summed E-state index contributed by atoms with van der Waals surface area (Å²) in [7, 11) is 1.51. The van der Waals surface area contributed by atoms with Crippen molar-refractivity contribution in [2.24, 2.45) is 5.10 Å². The van der Waals surface area contributed by atoms with Crippen LogP contribution in [0.2, 0.25) is 0 Å². The maximum atomic E-state index is 12.3. The van der Waals surface area contributed by atoms with Gasteiger partial charge in [-0.1, -0.05) is 0 Å². The van der Waals surface area contributed by atoms with Gasteiger partial charge >= 0.3 is 0 Å². The monoisotopic (exact) mass is 527 g/mol. The highest BCUT2D eigenvalue weighted by atomic mass is 79.9. The van der Waals surface area contributed by atoms with Gasteiger partial charge in [-0.15, -0.1) is 0 Å². The normalized spacial score (nSPS) is 10.7. The highest BCUT2D eigenvalue weighted by molar-refractivity contribution is 9.10. The predicted molar refractivity (Wildman–Crippen MR) is 131 cm³/mol. The largest absolute Gasteiger partial charge is 0.494 e. The third-order valence-corrected chi connectivity index (χ3v) is 5.18. The summed E-state index contributed by atoms with van der Waals surface area (Å²) in [6.45, 7) is 2.63. The van der Waals surface area contributed by atoms with Gasteiger partial charge in [-0.25, -0.2) is 5.43 Å². The van der Waals surface area contributed by atoms with Crippen LogP contribution in [0.4, 0.5) is 5.69 Å². The van der Waals surface area contributed by atoms with Gasteiger partial charge in [0.2, 0.25) is 0 Å². The van der Waals surface area contributed by atoms with Crippen molar-refractivity contribution in [1.29, 1.82) is 0 Å². The molecule has 34 heavy (non-hydrogen) atoms. The summed E-state index contributed by atoms with van der Waals surface area (Å²) in [5.74, 6) is 1.26. The van der Waals surface area contributed by atoms with Crippen molar-refractivity contribution in [3.05, 3.63) is 91.9 Å². The number of non-ortho nitro benzene ring substituents is 1. The topological polar surface area (TPSA) is 112 Å². The number of halogens is 1. The number of hydrazone groups is 1. The summed E-state index contributed by atoms with van der Waals surface area (Å²) < 4.78 is 17.3. The van der Waals surface area contributed by atoms with Crippen molar-refractivity contribution in [3.8, 4) is 17.2 Å². The average molecular weight is 528 g/mol. The third kappa shape index (κ3) is 6.55. The fraction of sp³-hybridized carbons (Fsp3) is 0.167. The second-order valence-electron chi connectivity index (χ2n) is 6.90.